The van der Waals surface area contributed by atoms with Gasteiger partial charge in [0, 0.05) is 12.2 Å². The molecule has 0 spiro atoms. The highest BCUT2D eigenvalue weighted by Crippen LogP contribution is 2.39. The minimum absolute atomic E-state index is 0.133. The van der Waals surface area contributed by atoms with E-state index in [1.165, 1.54) is 12.8 Å². The number of pyridine rings is 1. The highest BCUT2D eigenvalue weighted by molar-refractivity contribution is 5.27. The van der Waals surface area contributed by atoms with Gasteiger partial charge in [0.15, 0.2) is 0 Å². The molecule has 1 aromatic rings. The SMILES string of the molecule is CC(C)Oc1cncc(C(N)C2CC2)c1. The van der Waals surface area contributed by atoms with Crippen LogP contribution in [0.2, 0.25) is 0 Å². The average Bonchev–Trinajstić information content (AvgIpc) is 2.99. The average molecular weight is 206 g/mol. The molecule has 0 saturated heterocycles. The van der Waals surface area contributed by atoms with Crippen molar-refractivity contribution in [2.45, 2.75) is 38.8 Å². The standard InChI is InChI=1S/C12H18N2O/c1-8(2)15-11-5-10(6-14-7-11)12(13)9-3-4-9/h5-9,12H,3-4,13H2,1-2H3. The van der Waals surface area contributed by atoms with Crippen LogP contribution in [0.5, 0.6) is 5.75 Å². The van der Waals surface area contributed by atoms with Gasteiger partial charge >= 0.3 is 0 Å². The van der Waals surface area contributed by atoms with E-state index in [0.717, 1.165) is 11.3 Å². The van der Waals surface area contributed by atoms with E-state index < -0.39 is 0 Å². The van der Waals surface area contributed by atoms with E-state index >= 15 is 0 Å². The molecule has 3 nitrogen and oxygen atoms in total. The van der Waals surface area contributed by atoms with E-state index in [1.807, 2.05) is 26.1 Å². The number of rotatable bonds is 4. The van der Waals surface area contributed by atoms with Gasteiger partial charge in [0.05, 0.1) is 12.3 Å². The molecule has 1 unspecified atom stereocenters. The Morgan fingerprint density at radius 3 is 2.73 bits per heavy atom. The summed E-state index contributed by atoms with van der Waals surface area (Å²) in [5.74, 6) is 1.47. The van der Waals surface area contributed by atoms with E-state index in [-0.39, 0.29) is 12.1 Å². The van der Waals surface area contributed by atoms with E-state index in [0.29, 0.717) is 5.92 Å². The summed E-state index contributed by atoms with van der Waals surface area (Å²) in [4.78, 5) is 4.16. The minimum atomic E-state index is 0.133. The van der Waals surface area contributed by atoms with Crippen molar-refractivity contribution in [3.63, 3.8) is 0 Å². The number of hydrogen-bond acceptors (Lipinski definition) is 3. The van der Waals surface area contributed by atoms with Crippen molar-refractivity contribution in [2.75, 3.05) is 0 Å². The van der Waals surface area contributed by atoms with Crippen LogP contribution in [0, 0.1) is 5.92 Å². The zero-order valence-corrected chi connectivity index (χ0v) is 9.31. The smallest absolute Gasteiger partial charge is 0.138 e. The van der Waals surface area contributed by atoms with Crippen LogP contribution in [-0.2, 0) is 0 Å². The van der Waals surface area contributed by atoms with Crippen molar-refractivity contribution >= 4 is 0 Å². The number of aromatic nitrogens is 1. The van der Waals surface area contributed by atoms with Crippen molar-refractivity contribution < 1.29 is 4.74 Å². The fourth-order valence-electron chi connectivity index (χ4n) is 1.68. The third-order valence-electron chi connectivity index (χ3n) is 2.62. The van der Waals surface area contributed by atoms with Crippen LogP contribution in [0.4, 0.5) is 0 Å². The Morgan fingerprint density at radius 2 is 2.13 bits per heavy atom. The first-order valence-corrected chi connectivity index (χ1v) is 5.54. The van der Waals surface area contributed by atoms with Crippen LogP contribution in [0.25, 0.3) is 0 Å². The first-order valence-electron chi connectivity index (χ1n) is 5.54. The number of nitrogens with two attached hydrogens (primary N) is 1. The molecule has 1 atom stereocenters. The number of hydrogen-bond donors (Lipinski definition) is 1. The lowest BCUT2D eigenvalue weighted by Gasteiger charge is -2.13. The number of ether oxygens (including phenoxy) is 1. The van der Waals surface area contributed by atoms with Crippen molar-refractivity contribution in [1.82, 2.24) is 4.98 Å². The van der Waals surface area contributed by atoms with E-state index in [1.54, 1.807) is 6.20 Å². The summed E-state index contributed by atoms with van der Waals surface area (Å²) in [6.07, 6.45) is 6.26. The molecule has 0 aromatic carbocycles. The molecule has 1 saturated carbocycles. The fraction of sp³-hybridized carbons (Fsp3) is 0.583. The molecule has 2 N–H and O–H groups in total. The van der Waals surface area contributed by atoms with E-state index in [2.05, 4.69) is 4.98 Å². The van der Waals surface area contributed by atoms with Crippen LogP contribution in [0.1, 0.15) is 38.3 Å². The van der Waals surface area contributed by atoms with Gasteiger partial charge in [-0.1, -0.05) is 0 Å². The summed E-state index contributed by atoms with van der Waals surface area (Å²) in [6.45, 7) is 4.01. The number of nitrogens with zero attached hydrogens (tertiary/aromatic N) is 1. The Labute approximate surface area is 90.7 Å². The summed E-state index contributed by atoms with van der Waals surface area (Å²) in [5.41, 5.74) is 7.20. The topological polar surface area (TPSA) is 48.1 Å². The van der Waals surface area contributed by atoms with E-state index in [4.69, 9.17) is 10.5 Å². The second-order valence-corrected chi connectivity index (χ2v) is 4.48. The van der Waals surface area contributed by atoms with Gasteiger partial charge in [0.2, 0.25) is 0 Å². The molecule has 2 rings (SSSR count). The van der Waals surface area contributed by atoms with Crippen molar-refractivity contribution in [1.29, 1.82) is 0 Å². The summed E-state index contributed by atoms with van der Waals surface area (Å²) in [5, 5.41) is 0. The molecule has 82 valence electrons. The molecule has 0 bridgehead atoms. The lowest BCUT2D eigenvalue weighted by atomic mass is 10.1. The van der Waals surface area contributed by atoms with Crippen molar-refractivity contribution in [2.24, 2.45) is 11.7 Å². The zero-order chi connectivity index (χ0) is 10.8. The first-order chi connectivity index (χ1) is 7.16. The van der Waals surface area contributed by atoms with Gasteiger partial charge in [0.25, 0.3) is 0 Å². The molecule has 15 heavy (non-hydrogen) atoms. The van der Waals surface area contributed by atoms with Crippen molar-refractivity contribution in [3.8, 4) is 5.75 Å². The third-order valence-corrected chi connectivity index (χ3v) is 2.62. The quantitative estimate of drug-likeness (QED) is 0.822. The predicted molar refractivity (Wildman–Crippen MR) is 59.7 cm³/mol. The third kappa shape index (κ3) is 2.69. The Balaban J connectivity index is 2.10. The highest BCUT2D eigenvalue weighted by atomic mass is 16.5. The predicted octanol–water partition coefficient (Wildman–Crippen LogP) is 2.28. The van der Waals surface area contributed by atoms with Gasteiger partial charge in [-0.3, -0.25) is 4.98 Å². The molecular weight excluding hydrogens is 188 g/mol. The van der Waals surface area contributed by atoms with Gasteiger partial charge < -0.3 is 10.5 Å². The Hall–Kier alpha value is -1.09. The Morgan fingerprint density at radius 1 is 1.40 bits per heavy atom. The van der Waals surface area contributed by atoms with Crippen LogP contribution < -0.4 is 10.5 Å². The van der Waals surface area contributed by atoms with Gasteiger partial charge in [-0.15, -0.1) is 0 Å². The van der Waals surface area contributed by atoms with Crippen LogP contribution >= 0.6 is 0 Å². The lowest BCUT2D eigenvalue weighted by molar-refractivity contribution is 0.241. The minimum Gasteiger partial charge on any atom is -0.489 e. The molecule has 1 heterocycles. The molecular formula is C12H18N2O. The maximum atomic E-state index is 6.10. The molecule has 1 aromatic heterocycles. The second kappa shape index (κ2) is 4.19. The van der Waals surface area contributed by atoms with Gasteiger partial charge in [0.1, 0.15) is 5.75 Å². The van der Waals surface area contributed by atoms with Gasteiger partial charge in [-0.25, -0.2) is 0 Å². The van der Waals surface area contributed by atoms with Crippen molar-refractivity contribution in [3.05, 3.63) is 24.0 Å². The highest BCUT2D eigenvalue weighted by Gasteiger charge is 2.29. The monoisotopic (exact) mass is 206 g/mol. The molecule has 0 radical (unpaired) electrons. The maximum absolute atomic E-state index is 6.10. The molecule has 0 amide bonds. The summed E-state index contributed by atoms with van der Waals surface area (Å²) in [7, 11) is 0. The van der Waals surface area contributed by atoms with Crippen LogP contribution in [0.3, 0.4) is 0 Å². The van der Waals surface area contributed by atoms with E-state index in [9.17, 15) is 0 Å². The molecule has 1 aliphatic rings. The maximum Gasteiger partial charge on any atom is 0.138 e. The molecule has 1 fully saturated rings. The molecule has 3 heteroatoms. The zero-order valence-electron chi connectivity index (χ0n) is 9.31. The first kappa shape index (κ1) is 10.4. The van der Waals surface area contributed by atoms with Crippen LogP contribution in [0.15, 0.2) is 18.5 Å². The Kier molecular flexibility index (Phi) is 2.91. The Bertz CT molecular complexity index is 334. The normalized spacial score (nSPS) is 17.9. The fourth-order valence-corrected chi connectivity index (χ4v) is 1.68. The largest absolute Gasteiger partial charge is 0.489 e. The van der Waals surface area contributed by atoms with Crippen LogP contribution in [-0.4, -0.2) is 11.1 Å². The van der Waals surface area contributed by atoms with Gasteiger partial charge in [-0.2, -0.15) is 0 Å². The molecule has 0 aliphatic heterocycles. The summed E-state index contributed by atoms with van der Waals surface area (Å²) < 4.78 is 5.59. The second-order valence-electron chi connectivity index (χ2n) is 4.48. The summed E-state index contributed by atoms with van der Waals surface area (Å²) >= 11 is 0. The van der Waals surface area contributed by atoms with Gasteiger partial charge in [-0.05, 0) is 44.2 Å². The molecule has 1 aliphatic carbocycles. The summed E-state index contributed by atoms with van der Waals surface area (Å²) in [6, 6.07) is 2.14. The lowest BCUT2D eigenvalue weighted by Crippen LogP contribution is -2.13.